The molecule has 137 heavy (non-hydrogen) atoms. The standard InChI is InChI=1S/2C30H34FN3O.C29H32FN3O.C28H30FN3O/c1-19-5-7-20(8-6-19)24-13-15-34-16-14-25(21-9-11-22(31)12-10-21)27-18-23(17-26(24)28(27)34)32-29(35)33-30(2,3)4;1-19-7-5-8-20(15-19)24-11-13-34-14-12-25(21-9-6-10-22(31)16-21)27-18-23(17-26(24)28(27)34)32-29(35)33-30(2,3)4;1-3-12-31-29(34)32-23-17-26-24(20-7-4-6-19(2)15-20)10-13-33-14-11-25(27(18-23)28(26)33)21-8-5-9-22(30)16-21;1-3-30-28(33)31-22-16-25-23(19-6-4-18(2)5-7-19)12-14-32-15-13-24(26(17-22)27(25)32)20-8-10-21(29)11-9-20/h5-12,17-18,24-25H,13-16H2,1-4H3,(H2,32,33,35);5-10,15-18,24-25H,11-14H2,1-4H3,(H2,32,33,35);4-9,15-18,24-25H,3,10-14H2,1-2H3,(H2,31,32,34);4-11,16-17,23-24H,3,12-15H2,1-2H3,(H2,30,31,33)/t3*24-,25-;23-,24-/m0000/s1. The Morgan fingerprint density at radius 2 is 0.518 bits per heavy atom. The van der Waals surface area contributed by atoms with E-state index in [2.05, 4.69) is 235 Å². The van der Waals surface area contributed by atoms with Crippen LogP contribution in [0.3, 0.4) is 0 Å². The first-order valence-corrected chi connectivity index (χ1v) is 49.2. The van der Waals surface area contributed by atoms with Gasteiger partial charge in [-0.1, -0.05) is 175 Å². The second kappa shape index (κ2) is 41.3. The quantitative estimate of drug-likeness (QED) is 0.0468. The first kappa shape index (κ1) is 95.4. The molecular weight excluding hydrogens is 1710 g/mol. The predicted molar refractivity (Wildman–Crippen MR) is 550 cm³/mol. The van der Waals surface area contributed by atoms with E-state index in [1.165, 1.54) is 124 Å². The summed E-state index contributed by atoms with van der Waals surface area (Å²) in [7, 11) is 0. The van der Waals surface area contributed by atoms with Crippen LogP contribution in [0.15, 0.2) is 243 Å². The zero-order valence-corrected chi connectivity index (χ0v) is 81.1. The Kier molecular flexibility index (Phi) is 28.7. The Hall–Kier alpha value is -13.4. The van der Waals surface area contributed by atoms with Crippen LogP contribution in [0.1, 0.15) is 272 Å². The van der Waals surface area contributed by atoms with Crippen LogP contribution in [0.5, 0.6) is 0 Å². The van der Waals surface area contributed by atoms with Crippen molar-refractivity contribution < 1.29 is 36.7 Å². The molecular formula is C117H130F4N12O4. The molecule has 0 aromatic heterocycles. The maximum absolute atomic E-state index is 14.2. The fraction of sp³-hybridized carbons (Fsp3) is 0.350. The smallest absolute Gasteiger partial charge is 0.319 e. The molecule has 0 saturated carbocycles. The molecule has 8 atom stereocenters. The second-order valence-electron chi connectivity index (χ2n) is 40.6. The van der Waals surface area contributed by atoms with Crippen molar-refractivity contribution in [3.05, 3.63) is 377 Å². The van der Waals surface area contributed by atoms with E-state index in [0.29, 0.717) is 13.1 Å². The van der Waals surface area contributed by atoms with Gasteiger partial charge in [-0.2, -0.15) is 0 Å². The Bertz CT molecular complexity index is 6080. The average molecular weight is 1840 g/mol. The zero-order chi connectivity index (χ0) is 96.1. The minimum absolute atomic E-state index is 0.0828. The lowest BCUT2D eigenvalue weighted by molar-refractivity contribution is 0.242. The summed E-state index contributed by atoms with van der Waals surface area (Å²) in [6.45, 7) is 33.3. The number of hydrogen-bond acceptors (Lipinski definition) is 8. The highest BCUT2D eigenvalue weighted by Gasteiger charge is 2.42. The molecule has 710 valence electrons. The molecule has 0 spiro atoms. The van der Waals surface area contributed by atoms with Crippen molar-refractivity contribution in [1.29, 1.82) is 0 Å². The number of nitrogens with zero attached hydrogens (tertiary/aromatic N) is 4. The number of carbonyl (C=O) groups is 4. The van der Waals surface area contributed by atoms with Crippen LogP contribution in [0.4, 0.5) is 82.2 Å². The van der Waals surface area contributed by atoms with Crippen LogP contribution >= 0.6 is 0 Å². The number of hydrogen-bond donors (Lipinski definition) is 8. The molecule has 8 heterocycles. The van der Waals surface area contributed by atoms with Gasteiger partial charge in [-0.3, -0.25) is 0 Å². The van der Waals surface area contributed by atoms with Crippen LogP contribution in [-0.4, -0.2) is 101 Å². The summed E-state index contributed by atoms with van der Waals surface area (Å²) in [5.41, 5.74) is 31.8. The molecule has 16 nitrogen and oxygen atoms in total. The van der Waals surface area contributed by atoms with Gasteiger partial charge in [0.05, 0.1) is 0 Å². The number of aryl methyl sites for hydroxylation is 4. The number of anilines is 8. The lowest BCUT2D eigenvalue weighted by Crippen LogP contribution is -2.43. The lowest BCUT2D eigenvalue weighted by atomic mass is 9.76. The van der Waals surface area contributed by atoms with E-state index in [1.807, 2.05) is 91.8 Å². The topological polar surface area (TPSA) is 177 Å². The number of rotatable bonds is 15. The van der Waals surface area contributed by atoms with Gasteiger partial charge in [0.15, 0.2) is 0 Å². The highest BCUT2D eigenvalue weighted by molar-refractivity contribution is 5.94. The van der Waals surface area contributed by atoms with Crippen molar-refractivity contribution in [2.45, 2.75) is 199 Å². The molecule has 0 unspecified atom stereocenters. The van der Waals surface area contributed by atoms with Crippen molar-refractivity contribution in [3.8, 4) is 0 Å². The van der Waals surface area contributed by atoms with Crippen LogP contribution in [-0.2, 0) is 0 Å². The van der Waals surface area contributed by atoms with E-state index in [-0.39, 0.29) is 106 Å². The predicted octanol–water partition coefficient (Wildman–Crippen LogP) is 26.6. The van der Waals surface area contributed by atoms with Gasteiger partial charge in [-0.05, 0) is 320 Å². The van der Waals surface area contributed by atoms with Crippen molar-refractivity contribution >= 4 is 69.6 Å². The molecule has 0 fully saturated rings. The molecule has 20 rings (SSSR count). The van der Waals surface area contributed by atoms with Crippen molar-refractivity contribution in [2.24, 2.45) is 0 Å². The first-order chi connectivity index (χ1) is 65.9. The van der Waals surface area contributed by atoms with E-state index in [4.69, 9.17) is 0 Å². The Labute approximate surface area is 805 Å². The minimum atomic E-state index is -0.336. The molecule has 12 aromatic carbocycles. The molecule has 0 bridgehead atoms. The van der Waals surface area contributed by atoms with E-state index in [9.17, 15) is 36.7 Å². The summed E-state index contributed by atoms with van der Waals surface area (Å²) in [5.74, 6) is 0.694. The summed E-state index contributed by atoms with van der Waals surface area (Å²) >= 11 is 0. The van der Waals surface area contributed by atoms with Crippen molar-refractivity contribution in [1.82, 2.24) is 21.3 Å². The third-order valence-electron chi connectivity index (χ3n) is 28.2. The lowest BCUT2D eigenvalue weighted by Gasteiger charge is -2.43. The van der Waals surface area contributed by atoms with Crippen molar-refractivity contribution in [2.75, 3.05) is 106 Å². The van der Waals surface area contributed by atoms with Gasteiger partial charge in [0, 0.05) is 169 Å². The Morgan fingerprint density at radius 3 is 0.766 bits per heavy atom. The fourth-order valence-corrected chi connectivity index (χ4v) is 22.2. The Morgan fingerprint density at radius 1 is 0.277 bits per heavy atom. The van der Waals surface area contributed by atoms with Gasteiger partial charge < -0.3 is 62.1 Å². The van der Waals surface area contributed by atoms with Crippen LogP contribution in [0.25, 0.3) is 0 Å². The normalized spacial score (nSPS) is 19.1. The number of urea groups is 4. The molecule has 8 N–H and O–H groups in total. The van der Waals surface area contributed by atoms with Crippen LogP contribution < -0.4 is 62.1 Å². The highest BCUT2D eigenvalue weighted by Crippen LogP contribution is 2.56. The molecule has 8 aliphatic heterocycles. The summed E-state index contributed by atoms with van der Waals surface area (Å²) in [5, 5.41) is 24.0. The van der Waals surface area contributed by atoms with Gasteiger partial charge in [0.25, 0.3) is 0 Å². The molecule has 0 radical (unpaired) electrons. The van der Waals surface area contributed by atoms with Crippen molar-refractivity contribution in [3.63, 3.8) is 0 Å². The van der Waals surface area contributed by atoms with Crippen LogP contribution in [0.2, 0.25) is 0 Å². The van der Waals surface area contributed by atoms with Crippen LogP contribution in [0, 0.1) is 51.0 Å². The van der Waals surface area contributed by atoms with E-state index in [0.717, 1.165) is 155 Å². The summed E-state index contributed by atoms with van der Waals surface area (Å²) in [4.78, 5) is 60.4. The van der Waals surface area contributed by atoms with E-state index < -0.39 is 0 Å². The first-order valence-electron chi connectivity index (χ1n) is 49.2. The Balaban J connectivity index is 0.000000127. The molecule has 0 saturated heterocycles. The fourth-order valence-electron chi connectivity index (χ4n) is 22.2. The molecule has 20 heteroatoms. The SMILES string of the molecule is CCCNC(=O)Nc1cc2c3c(c1)[C@H](c1cccc(F)c1)CCN3CC[C@H]2c1cccc(C)c1.CCNC(=O)Nc1cc2c3c(c1)[C@H](c1ccc(F)cc1)CCN3CC[C@H]2c1ccc(C)cc1.Cc1ccc([C@@H]2CCN3CC[C@@H](c4ccc(F)cc4)c4cc(NC(=O)NC(C)(C)C)cc2c43)cc1.Cc1cccc([C@@H]2CCN3CC[C@@H](c4cccc(F)c4)c4cc(NC(=O)NC(C)(C)C)cc2c43)c1. The number of carbonyl (C=O) groups excluding carboxylic acids is 4. The third-order valence-corrected chi connectivity index (χ3v) is 28.2. The summed E-state index contributed by atoms with van der Waals surface area (Å²) in [6, 6.07) is 79.0. The summed E-state index contributed by atoms with van der Waals surface area (Å²) < 4.78 is 55.6. The number of benzene rings is 12. The molecule has 0 aliphatic carbocycles. The minimum Gasteiger partial charge on any atom is -0.371 e. The zero-order valence-electron chi connectivity index (χ0n) is 81.1. The van der Waals surface area contributed by atoms with Gasteiger partial charge >= 0.3 is 24.1 Å². The molecule has 12 aromatic rings. The third kappa shape index (κ3) is 22.2. The monoisotopic (exact) mass is 1840 g/mol. The highest BCUT2D eigenvalue weighted by atomic mass is 19.1. The maximum Gasteiger partial charge on any atom is 0.319 e. The van der Waals surface area contributed by atoms with Gasteiger partial charge in [-0.25, -0.2) is 36.7 Å². The van der Waals surface area contributed by atoms with E-state index in [1.54, 1.807) is 48.5 Å². The van der Waals surface area contributed by atoms with Gasteiger partial charge in [0.1, 0.15) is 23.3 Å². The largest absolute Gasteiger partial charge is 0.371 e. The second-order valence-corrected chi connectivity index (χ2v) is 40.6. The summed E-state index contributed by atoms with van der Waals surface area (Å²) in [6.07, 6.45) is 8.80. The average Bonchev–Trinajstić information content (AvgIpc) is 0.752. The number of halogens is 4. The number of nitrogens with one attached hydrogen (secondary N) is 8. The number of amides is 8. The molecule has 8 amide bonds. The van der Waals surface area contributed by atoms with Gasteiger partial charge in [0.2, 0.25) is 0 Å². The van der Waals surface area contributed by atoms with E-state index >= 15 is 0 Å². The maximum atomic E-state index is 14.2. The van der Waals surface area contributed by atoms with Gasteiger partial charge in [-0.15, -0.1) is 0 Å². The molecule has 8 aliphatic rings.